The standard InChI is InChI=1S/C19H19N3O5S/c1-13-3-2-4-15(11-13)21-28(26,27)16-7-5-14(6-8-16)20-17-12-18(24)22(9-10-23)19(17)25/h2-8,11-12,20-21,23H,9-10H2,1H3. The summed E-state index contributed by atoms with van der Waals surface area (Å²) >= 11 is 0. The fourth-order valence-corrected chi connectivity index (χ4v) is 3.75. The zero-order chi connectivity index (χ0) is 20.3. The van der Waals surface area contributed by atoms with Crippen molar-refractivity contribution in [1.82, 2.24) is 4.90 Å². The molecule has 0 aromatic heterocycles. The Morgan fingerprint density at radius 2 is 1.75 bits per heavy atom. The fraction of sp³-hybridized carbons (Fsp3) is 0.158. The minimum atomic E-state index is -3.76. The van der Waals surface area contributed by atoms with Crippen LogP contribution in [0.15, 0.2) is 65.2 Å². The maximum atomic E-state index is 12.5. The number of β-amino-alcohol motifs (C(OH)–C–C–N with tert-alkyl or cyclic N) is 1. The number of aliphatic hydroxyl groups is 1. The van der Waals surface area contributed by atoms with Gasteiger partial charge in [-0.15, -0.1) is 0 Å². The van der Waals surface area contributed by atoms with Gasteiger partial charge in [-0.1, -0.05) is 12.1 Å². The molecule has 0 atom stereocenters. The maximum Gasteiger partial charge on any atom is 0.277 e. The van der Waals surface area contributed by atoms with Crippen LogP contribution < -0.4 is 10.0 Å². The van der Waals surface area contributed by atoms with E-state index in [9.17, 15) is 18.0 Å². The zero-order valence-electron chi connectivity index (χ0n) is 15.0. The van der Waals surface area contributed by atoms with Gasteiger partial charge in [0.05, 0.1) is 18.0 Å². The minimum Gasteiger partial charge on any atom is -0.395 e. The van der Waals surface area contributed by atoms with Gasteiger partial charge < -0.3 is 10.4 Å². The Hall–Kier alpha value is -3.17. The molecular weight excluding hydrogens is 382 g/mol. The Kier molecular flexibility index (Phi) is 5.48. The molecule has 0 saturated carbocycles. The number of nitrogens with zero attached hydrogens (tertiary/aromatic N) is 1. The molecule has 0 saturated heterocycles. The van der Waals surface area contributed by atoms with Gasteiger partial charge >= 0.3 is 0 Å². The Morgan fingerprint density at radius 1 is 1.04 bits per heavy atom. The summed E-state index contributed by atoms with van der Waals surface area (Å²) in [6, 6.07) is 12.8. The van der Waals surface area contributed by atoms with Crippen LogP contribution in [-0.4, -0.2) is 43.4 Å². The van der Waals surface area contributed by atoms with Crippen molar-refractivity contribution in [3.63, 3.8) is 0 Å². The molecule has 1 aliphatic rings. The van der Waals surface area contributed by atoms with E-state index in [4.69, 9.17) is 5.11 Å². The van der Waals surface area contributed by atoms with E-state index in [2.05, 4.69) is 10.0 Å². The van der Waals surface area contributed by atoms with Crippen LogP contribution in [0.25, 0.3) is 0 Å². The van der Waals surface area contributed by atoms with E-state index in [-0.39, 0.29) is 23.7 Å². The number of benzene rings is 2. The SMILES string of the molecule is Cc1cccc(NS(=O)(=O)c2ccc(NC3=CC(=O)N(CCO)C3=O)cc2)c1. The number of carbonyl (C=O) groups is 2. The Bertz CT molecular complexity index is 1050. The monoisotopic (exact) mass is 401 g/mol. The third kappa shape index (κ3) is 4.21. The van der Waals surface area contributed by atoms with Gasteiger partial charge in [-0.2, -0.15) is 0 Å². The highest BCUT2D eigenvalue weighted by molar-refractivity contribution is 7.92. The summed E-state index contributed by atoms with van der Waals surface area (Å²) in [7, 11) is -3.76. The van der Waals surface area contributed by atoms with E-state index in [1.807, 2.05) is 13.0 Å². The van der Waals surface area contributed by atoms with Gasteiger partial charge in [0.1, 0.15) is 5.70 Å². The number of rotatable bonds is 7. The topological polar surface area (TPSA) is 116 Å². The van der Waals surface area contributed by atoms with Gasteiger partial charge in [0, 0.05) is 17.5 Å². The maximum absolute atomic E-state index is 12.5. The van der Waals surface area contributed by atoms with Crippen LogP contribution in [0.4, 0.5) is 11.4 Å². The van der Waals surface area contributed by atoms with Crippen molar-refractivity contribution in [2.75, 3.05) is 23.2 Å². The molecule has 0 unspecified atom stereocenters. The second-order valence-corrected chi connectivity index (χ2v) is 7.88. The predicted molar refractivity (Wildman–Crippen MR) is 104 cm³/mol. The van der Waals surface area contributed by atoms with E-state index in [1.165, 1.54) is 24.3 Å². The van der Waals surface area contributed by atoms with E-state index in [0.29, 0.717) is 11.4 Å². The molecule has 2 amide bonds. The average Bonchev–Trinajstić information content (AvgIpc) is 2.90. The molecule has 8 nitrogen and oxygen atoms in total. The normalized spacial score (nSPS) is 14.2. The van der Waals surface area contributed by atoms with Crippen LogP contribution in [0, 0.1) is 6.92 Å². The Labute approximate surface area is 162 Å². The first-order valence-electron chi connectivity index (χ1n) is 8.45. The van der Waals surface area contributed by atoms with E-state index in [1.54, 1.807) is 18.2 Å². The van der Waals surface area contributed by atoms with Crippen LogP contribution in [0.1, 0.15) is 5.56 Å². The minimum absolute atomic E-state index is 0.0595. The summed E-state index contributed by atoms with van der Waals surface area (Å²) in [6.45, 7) is 1.46. The van der Waals surface area contributed by atoms with Crippen molar-refractivity contribution < 1.29 is 23.1 Å². The second-order valence-electron chi connectivity index (χ2n) is 6.20. The highest BCUT2D eigenvalue weighted by atomic mass is 32.2. The summed E-state index contributed by atoms with van der Waals surface area (Å²) in [5, 5.41) is 11.7. The highest BCUT2D eigenvalue weighted by Gasteiger charge is 2.30. The first-order valence-corrected chi connectivity index (χ1v) is 9.93. The summed E-state index contributed by atoms with van der Waals surface area (Å²) in [4.78, 5) is 24.9. The van der Waals surface area contributed by atoms with Gasteiger partial charge in [0.15, 0.2) is 0 Å². The van der Waals surface area contributed by atoms with Crippen molar-refractivity contribution in [2.24, 2.45) is 0 Å². The zero-order valence-corrected chi connectivity index (χ0v) is 15.9. The van der Waals surface area contributed by atoms with E-state index in [0.717, 1.165) is 16.5 Å². The van der Waals surface area contributed by atoms with Gasteiger partial charge in [0.25, 0.3) is 21.8 Å². The second kappa shape index (κ2) is 7.83. The van der Waals surface area contributed by atoms with Crippen LogP contribution in [0.5, 0.6) is 0 Å². The van der Waals surface area contributed by atoms with Crippen molar-refractivity contribution in [1.29, 1.82) is 0 Å². The fourth-order valence-electron chi connectivity index (χ4n) is 2.71. The van der Waals surface area contributed by atoms with Gasteiger partial charge in [-0.05, 0) is 48.9 Å². The van der Waals surface area contributed by atoms with Crippen molar-refractivity contribution in [3.05, 3.63) is 65.9 Å². The molecule has 0 aliphatic carbocycles. The molecular formula is C19H19N3O5S. The molecule has 0 radical (unpaired) electrons. The number of nitrogens with one attached hydrogen (secondary N) is 2. The molecule has 2 aromatic rings. The van der Waals surface area contributed by atoms with Crippen LogP contribution >= 0.6 is 0 Å². The number of amides is 2. The van der Waals surface area contributed by atoms with Crippen LogP contribution in [0.2, 0.25) is 0 Å². The number of aliphatic hydroxyl groups excluding tert-OH is 1. The van der Waals surface area contributed by atoms with E-state index >= 15 is 0 Å². The molecule has 3 N–H and O–H groups in total. The molecule has 0 spiro atoms. The van der Waals surface area contributed by atoms with Crippen molar-refractivity contribution >= 4 is 33.2 Å². The average molecular weight is 401 g/mol. The molecule has 146 valence electrons. The number of hydrogen-bond donors (Lipinski definition) is 3. The van der Waals surface area contributed by atoms with Crippen LogP contribution in [-0.2, 0) is 19.6 Å². The molecule has 28 heavy (non-hydrogen) atoms. The smallest absolute Gasteiger partial charge is 0.277 e. The Morgan fingerprint density at radius 3 is 2.39 bits per heavy atom. The van der Waals surface area contributed by atoms with E-state index < -0.39 is 21.8 Å². The summed E-state index contributed by atoms with van der Waals surface area (Å²) in [6.07, 6.45) is 1.14. The summed E-state index contributed by atoms with van der Waals surface area (Å²) in [5.41, 5.74) is 1.91. The first kappa shape index (κ1) is 19.6. The lowest BCUT2D eigenvalue weighted by atomic mass is 10.2. The van der Waals surface area contributed by atoms with Crippen LogP contribution in [0.3, 0.4) is 0 Å². The van der Waals surface area contributed by atoms with Crippen molar-refractivity contribution in [2.45, 2.75) is 11.8 Å². The highest BCUT2D eigenvalue weighted by Crippen LogP contribution is 2.21. The lowest BCUT2D eigenvalue weighted by Gasteiger charge is -2.13. The first-order chi connectivity index (χ1) is 13.3. The van der Waals surface area contributed by atoms with Gasteiger partial charge in [-0.25, -0.2) is 8.42 Å². The number of aryl methyl sites for hydroxylation is 1. The molecule has 0 bridgehead atoms. The molecule has 1 aliphatic heterocycles. The number of anilines is 2. The summed E-state index contributed by atoms with van der Waals surface area (Å²) in [5.74, 6) is -1.06. The number of imide groups is 1. The predicted octanol–water partition coefficient (Wildman–Crippen LogP) is 1.45. The molecule has 3 rings (SSSR count). The number of carbonyl (C=O) groups excluding carboxylic acids is 2. The molecule has 0 fully saturated rings. The molecule has 2 aromatic carbocycles. The quantitative estimate of drug-likeness (QED) is 0.605. The van der Waals surface area contributed by atoms with Gasteiger partial charge in [0.2, 0.25) is 0 Å². The third-order valence-corrected chi connectivity index (χ3v) is 5.44. The lowest BCUT2D eigenvalue weighted by molar-refractivity contribution is -0.137. The largest absolute Gasteiger partial charge is 0.395 e. The Balaban J connectivity index is 1.72. The molecule has 1 heterocycles. The van der Waals surface area contributed by atoms with Gasteiger partial charge in [-0.3, -0.25) is 19.2 Å². The lowest BCUT2D eigenvalue weighted by Crippen LogP contribution is -2.34. The number of hydrogen-bond acceptors (Lipinski definition) is 6. The van der Waals surface area contributed by atoms with Crippen molar-refractivity contribution in [3.8, 4) is 0 Å². The summed E-state index contributed by atoms with van der Waals surface area (Å²) < 4.78 is 27.5. The third-order valence-electron chi connectivity index (χ3n) is 4.05. The number of sulfonamides is 1. The molecule has 9 heteroatoms.